The highest BCUT2D eigenvalue weighted by Gasteiger charge is 2.43. The van der Waals surface area contributed by atoms with Crippen LogP contribution in [0, 0.1) is 5.92 Å². The lowest BCUT2D eigenvalue weighted by atomic mass is 9.79. The van der Waals surface area contributed by atoms with Gasteiger partial charge in [-0.3, -0.25) is 9.59 Å². The first-order valence-electron chi connectivity index (χ1n) is 12.3. The fourth-order valence-electron chi connectivity index (χ4n) is 4.73. The number of ether oxygens (including phenoxy) is 1. The zero-order chi connectivity index (χ0) is 26.2. The summed E-state index contributed by atoms with van der Waals surface area (Å²) in [7, 11) is 1.70. The number of benzene rings is 1. The van der Waals surface area contributed by atoms with Crippen LogP contribution in [0.15, 0.2) is 41.3 Å². The monoisotopic (exact) mass is 533 g/mol. The molecule has 9 heteroatoms. The molecule has 194 valence electrons. The first-order chi connectivity index (χ1) is 16.9. The van der Waals surface area contributed by atoms with E-state index in [1.54, 1.807) is 30.3 Å². The molecule has 0 radical (unpaired) electrons. The molecule has 36 heavy (non-hydrogen) atoms. The lowest BCUT2D eigenvalue weighted by Gasteiger charge is -2.40. The normalized spacial score (nSPS) is 20.2. The molecule has 2 heterocycles. The molecule has 1 aromatic heterocycles. The van der Waals surface area contributed by atoms with Crippen LogP contribution in [0.1, 0.15) is 57.1 Å². The number of piperidine rings is 1. The van der Waals surface area contributed by atoms with E-state index in [9.17, 15) is 14.4 Å². The number of amides is 2. The summed E-state index contributed by atoms with van der Waals surface area (Å²) < 4.78 is 7.11. The van der Waals surface area contributed by atoms with Crippen LogP contribution in [-0.2, 0) is 23.1 Å². The Balaban J connectivity index is 1.65. The minimum absolute atomic E-state index is 0.0486. The number of aromatic nitrogens is 1. The van der Waals surface area contributed by atoms with E-state index in [4.69, 9.17) is 27.9 Å². The van der Waals surface area contributed by atoms with Crippen LogP contribution in [0.25, 0.3) is 0 Å². The summed E-state index contributed by atoms with van der Waals surface area (Å²) in [6, 6.07) is 9.04. The van der Waals surface area contributed by atoms with E-state index >= 15 is 0 Å². The third-order valence-corrected chi connectivity index (χ3v) is 7.64. The molecule has 1 saturated carbocycles. The second-order valence-corrected chi connectivity index (χ2v) is 11.5. The van der Waals surface area contributed by atoms with Gasteiger partial charge in [0.05, 0.1) is 16.0 Å². The van der Waals surface area contributed by atoms with Crippen molar-refractivity contribution >= 4 is 35.2 Å². The Hall–Kier alpha value is -2.51. The molecule has 1 aliphatic carbocycles. The average Bonchev–Trinajstić information content (AvgIpc) is 3.65. The van der Waals surface area contributed by atoms with Gasteiger partial charge in [-0.15, -0.1) is 0 Å². The van der Waals surface area contributed by atoms with Crippen molar-refractivity contribution in [3.8, 4) is 0 Å². The number of hydrogen-bond donors (Lipinski definition) is 0. The van der Waals surface area contributed by atoms with Crippen LogP contribution in [0.3, 0.4) is 0 Å². The molecule has 0 bridgehead atoms. The fraction of sp³-hybridized carbons (Fsp3) is 0.519. The molecule has 2 unspecified atom stereocenters. The van der Waals surface area contributed by atoms with Gasteiger partial charge in [-0.05, 0) is 69.2 Å². The molecule has 2 aliphatic rings. The van der Waals surface area contributed by atoms with E-state index in [-0.39, 0.29) is 30.0 Å². The van der Waals surface area contributed by atoms with Crippen LogP contribution in [0.2, 0.25) is 10.0 Å². The minimum atomic E-state index is -0.636. The van der Waals surface area contributed by atoms with Gasteiger partial charge in [-0.25, -0.2) is 4.79 Å². The van der Waals surface area contributed by atoms with Crippen LogP contribution in [0.4, 0.5) is 4.79 Å². The lowest BCUT2D eigenvalue weighted by Crippen LogP contribution is -2.51. The molecule has 1 aromatic carbocycles. The smallest absolute Gasteiger partial charge is 0.410 e. The number of nitrogens with zero attached hydrogens (tertiary/aromatic N) is 3. The molecule has 0 spiro atoms. The van der Waals surface area contributed by atoms with Gasteiger partial charge in [-0.2, -0.15) is 0 Å². The maximum atomic E-state index is 14.2. The zero-order valence-corrected chi connectivity index (χ0v) is 22.7. The van der Waals surface area contributed by atoms with Gasteiger partial charge in [-0.1, -0.05) is 35.3 Å². The molecule has 2 aromatic rings. The lowest BCUT2D eigenvalue weighted by molar-refractivity contribution is -0.139. The first kappa shape index (κ1) is 26.6. The molecule has 7 nitrogen and oxygen atoms in total. The van der Waals surface area contributed by atoms with Gasteiger partial charge in [0.2, 0.25) is 5.91 Å². The van der Waals surface area contributed by atoms with E-state index in [0.29, 0.717) is 29.6 Å². The second kappa shape index (κ2) is 10.5. The van der Waals surface area contributed by atoms with Crippen molar-refractivity contribution in [3.05, 3.63) is 68.1 Å². The molecular weight excluding hydrogens is 501 g/mol. The van der Waals surface area contributed by atoms with Gasteiger partial charge < -0.3 is 19.1 Å². The van der Waals surface area contributed by atoms with E-state index < -0.39 is 17.6 Å². The van der Waals surface area contributed by atoms with E-state index in [1.807, 2.05) is 43.9 Å². The summed E-state index contributed by atoms with van der Waals surface area (Å²) in [5.41, 5.74) is 0.840. The Labute approximate surface area is 221 Å². The van der Waals surface area contributed by atoms with Crippen molar-refractivity contribution < 1.29 is 14.3 Å². The van der Waals surface area contributed by atoms with Crippen molar-refractivity contribution in [2.45, 2.75) is 64.1 Å². The van der Waals surface area contributed by atoms with Crippen molar-refractivity contribution in [1.29, 1.82) is 0 Å². The van der Waals surface area contributed by atoms with Crippen molar-refractivity contribution in [2.24, 2.45) is 13.0 Å². The third kappa shape index (κ3) is 6.06. The van der Waals surface area contributed by atoms with Crippen molar-refractivity contribution in [2.75, 3.05) is 13.1 Å². The SMILES string of the molecule is Cn1ccc(C2CCN(C(=O)OC(C)(C)C)CC2C(=O)N(Cc2cccc(Cl)c2Cl)C2CC2)cc1=O. The van der Waals surface area contributed by atoms with E-state index in [0.717, 1.165) is 24.0 Å². The molecule has 0 N–H and O–H groups in total. The summed E-state index contributed by atoms with van der Waals surface area (Å²) in [6.45, 7) is 6.48. The highest BCUT2D eigenvalue weighted by Crippen LogP contribution is 2.38. The average molecular weight is 534 g/mol. The number of aryl methyl sites for hydroxylation is 1. The standard InChI is InChI=1S/C27H33Cl2N3O4/c1-27(2,3)36-26(35)31-13-11-20(17-10-12-30(4)23(33)14-17)21(16-31)25(34)32(19-8-9-19)15-18-6-5-7-22(28)24(18)29/h5-7,10,12,14,19-21H,8-9,11,13,15-16H2,1-4H3. The van der Waals surface area contributed by atoms with Crippen molar-refractivity contribution in [1.82, 2.24) is 14.4 Å². The summed E-state index contributed by atoms with van der Waals surface area (Å²) >= 11 is 12.7. The number of halogens is 2. The quantitative estimate of drug-likeness (QED) is 0.527. The highest BCUT2D eigenvalue weighted by atomic mass is 35.5. The largest absolute Gasteiger partial charge is 0.444 e. The summed E-state index contributed by atoms with van der Waals surface area (Å²) in [4.78, 5) is 43.0. The Kier molecular flexibility index (Phi) is 7.72. The summed E-state index contributed by atoms with van der Waals surface area (Å²) in [6.07, 6.45) is 3.69. The molecule has 2 amide bonds. The molecular formula is C27H33Cl2N3O4. The first-order valence-corrected chi connectivity index (χ1v) is 13.1. The van der Waals surface area contributed by atoms with Gasteiger partial charge in [0, 0.05) is 45.0 Å². The Morgan fingerprint density at radius 2 is 1.86 bits per heavy atom. The highest BCUT2D eigenvalue weighted by molar-refractivity contribution is 6.42. The zero-order valence-electron chi connectivity index (χ0n) is 21.2. The van der Waals surface area contributed by atoms with Crippen LogP contribution < -0.4 is 5.56 Å². The van der Waals surface area contributed by atoms with Crippen LogP contribution in [-0.4, -0.2) is 51.1 Å². The van der Waals surface area contributed by atoms with Crippen molar-refractivity contribution in [3.63, 3.8) is 0 Å². The minimum Gasteiger partial charge on any atom is -0.444 e. The van der Waals surface area contributed by atoms with Crippen LogP contribution >= 0.6 is 23.2 Å². The maximum Gasteiger partial charge on any atom is 0.410 e. The predicted molar refractivity (Wildman–Crippen MR) is 140 cm³/mol. The number of rotatable bonds is 5. The molecule has 2 fully saturated rings. The Morgan fingerprint density at radius 1 is 1.14 bits per heavy atom. The van der Waals surface area contributed by atoms with Gasteiger partial charge in [0.1, 0.15) is 5.60 Å². The number of likely N-dealkylation sites (tertiary alicyclic amines) is 1. The van der Waals surface area contributed by atoms with Crippen LogP contribution in [0.5, 0.6) is 0 Å². The van der Waals surface area contributed by atoms with Gasteiger partial charge >= 0.3 is 6.09 Å². The van der Waals surface area contributed by atoms with E-state index in [2.05, 4.69) is 0 Å². The van der Waals surface area contributed by atoms with Gasteiger partial charge in [0.15, 0.2) is 0 Å². The van der Waals surface area contributed by atoms with E-state index in [1.165, 1.54) is 4.57 Å². The number of hydrogen-bond acceptors (Lipinski definition) is 4. The fourth-order valence-corrected chi connectivity index (χ4v) is 5.11. The number of pyridine rings is 1. The summed E-state index contributed by atoms with van der Waals surface area (Å²) in [5, 5.41) is 0.892. The molecule has 1 aliphatic heterocycles. The Bertz CT molecular complexity index is 1200. The number of carbonyl (C=O) groups excluding carboxylic acids is 2. The third-order valence-electron chi connectivity index (χ3n) is 6.78. The molecule has 4 rings (SSSR count). The Morgan fingerprint density at radius 3 is 2.50 bits per heavy atom. The molecule has 2 atom stereocenters. The summed E-state index contributed by atoms with van der Waals surface area (Å²) in [5.74, 6) is -0.759. The van der Waals surface area contributed by atoms with Gasteiger partial charge in [0.25, 0.3) is 5.56 Å². The molecule has 1 saturated heterocycles. The topological polar surface area (TPSA) is 71.8 Å². The predicted octanol–water partition coefficient (Wildman–Crippen LogP) is 5.22. The maximum absolute atomic E-state index is 14.2. The number of carbonyl (C=O) groups is 2. The second-order valence-electron chi connectivity index (χ2n) is 10.7.